The summed E-state index contributed by atoms with van der Waals surface area (Å²) in [5.74, 6) is -0.455. The molecule has 176 valence electrons. The van der Waals surface area contributed by atoms with Crippen LogP contribution in [0.25, 0.3) is 5.76 Å². The predicted molar refractivity (Wildman–Crippen MR) is 131 cm³/mol. The number of thiazole rings is 1. The van der Waals surface area contributed by atoms with Gasteiger partial charge in [-0.25, -0.2) is 4.98 Å². The van der Waals surface area contributed by atoms with Crippen LogP contribution in [0, 0.1) is 0 Å². The minimum Gasteiger partial charge on any atom is -0.507 e. The Bertz CT molecular complexity index is 1190. The van der Waals surface area contributed by atoms with Crippen molar-refractivity contribution < 1.29 is 24.2 Å². The molecule has 1 aliphatic rings. The fraction of sp³-hybridized carbons (Fsp3) is 0.269. The Hall–Kier alpha value is -3.65. The van der Waals surface area contributed by atoms with E-state index in [1.54, 1.807) is 41.9 Å². The summed E-state index contributed by atoms with van der Waals surface area (Å²) in [5.41, 5.74) is 1.08. The lowest BCUT2D eigenvalue weighted by molar-refractivity contribution is -0.132. The topological polar surface area (TPSA) is 89.0 Å². The van der Waals surface area contributed by atoms with Crippen LogP contribution in [0.2, 0.25) is 0 Å². The second-order valence-electron chi connectivity index (χ2n) is 7.72. The Kier molecular flexibility index (Phi) is 7.27. The van der Waals surface area contributed by atoms with Crippen molar-refractivity contribution in [3.05, 3.63) is 76.8 Å². The Balaban J connectivity index is 1.81. The molecule has 0 saturated carbocycles. The number of aliphatic hydroxyl groups excluding tert-OH is 1. The van der Waals surface area contributed by atoms with Gasteiger partial charge in [0.1, 0.15) is 17.3 Å². The van der Waals surface area contributed by atoms with Crippen molar-refractivity contribution in [1.82, 2.24) is 4.98 Å². The summed E-state index contributed by atoms with van der Waals surface area (Å²) >= 11 is 1.25. The summed E-state index contributed by atoms with van der Waals surface area (Å²) in [4.78, 5) is 31.9. The van der Waals surface area contributed by atoms with Gasteiger partial charge in [0.05, 0.1) is 24.8 Å². The Morgan fingerprint density at radius 3 is 2.56 bits per heavy atom. The van der Waals surface area contributed by atoms with Gasteiger partial charge in [0.15, 0.2) is 5.13 Å². The molecule has 2 heterocycles. The fourth-order valence-electron chi connectivity index (χ4n) is 3.82. The van der Waals surface area contributed by atoms with E-state index in [1.807, 2.05) is 25.1 Å². The van der Waals surface area contributed by atoms with Gasteiger partial charge in [-0.3, -0.25) is 14.5 Å². The van der Waals surface area contributed by atoms with E-state index < -0.39 is 17.7 Å². The monoisotopic (exact) mass is 478 g/mol. The van der Waals surface area contributed by atoms with E-state index >= 15 is 0 Å². The minimum absolute atomic E-state index is 0.00932. The van der Waals surface area contributed by atoms with Crippen LogP contribution in [0.1, 0.15) is 43.9 Å². The van der Waals surface area contributed by atoms with E-state index in [4.69, 9.17) is 9.47 Å². The number of carbonyl (C=O) groups excluding carboxylic acids is 2. The largest absolute Gasteiger partial charge is 0.507 e. The van der Waals surface area contributed by atoms with Crippen molar-refractivity contribution >= 4 is 33.9 Å². The van der Waals surface area contributed by atoms with Crippen LogP contribution >= 0.6 is 11.3 Å². The molecule has 34 heavy (non-hydrogen) atoms. The zero-order valence-electron chi connectivity index (χ0n) is 19.1. The molecule has 0 radical (unpaired) electrons. The number of rotatable bonds is 9. The summed E-state index contributed by atoms with van der Waals surface area (Å²) in [5, 5.41) is 13.3. The smallest absolute Gasteiger partial charge is 0.301 e. The van der Waals surface area contributed by atoms with Crippen LogP contribution in [0.4, 0.5) is 5.13 Å². The highest BCUT2D eigenvalue weighted by molar-refractivity contribution is 7.14. The molecule has 1 fully saturated rings. The van der Waals surface area contributed by atoms with E-state index in [0.717, 1.165) is 12.8 Å². The fourth-order valence-corrected chi connectivity index (χ4v) is 4.49. The van der Waals surface area contributed by atoms with E-state index in [2.05, 4.69) is 11.9 Å². The summed E-state index contributed by atoms with van der Waals surface area (Å²) < 4.78 is 11.3. The molecular formula is C26H26N2O5S. The van der Waals surface area contributed by atoms with Crippen molar-refractivity contribution in [2.75, 3.05) is 18.1 Å². The molecule has 0 bridgehead atoms. The molecule has 3 aromatic rings. The van der Waals surface area contributed by atoms with Crippen LogP contribution < -0.4 is 14.4 Å². The second kappa shape index (κ2) is 10.5. The first-order valence-corrected chi connectivity index (χ1v) is 12.1. The van der Waals surface area contributed by atoms with Crippen LogP contribution in [-0.4, -0.2) is 35.0 Å². The molecule has 1 saturated heterocycles. The number of benzene rings is 2. The number of nitrogens with zero attached hydrogens (tertiary/aromatic N) is 2. The van der Waals surface area contributed by atoms with Crippen molar-refractivity contribution in [3.8, 4) is 11.5 Å². The highest BCUT2D eigenvalue weighted by Crippen LogP contribution is 2.43. The van der Waals surface area contributed by atoms with Crippen LogP contribution in [0.15, 0.2) is 65.7 Å². The standard InChI is InChI=1S/C26H26N2O5S/c1-3-5-14-33-20-8-6-7-18(16-20)22-21(23(29)17-9-11-19(12-10-17)32-4-2)24(30)25(31)28(22)26-27-13-15-34-26/h6-13,15-16,22,29H,3-5,14H2,1-2H3. The van der Waals surface area contributed by atoms with Gasteiger partial charge in [0.2, 0.25) is 0 Å². The normalized spacial score (nSPS) is 17.2. The summed E-state index contributed by atoms with van der Waals surface area (Å²) in [7, 11) is 0. The van der Waals surface area contributed by atoms with Gasteiger partial charge in [-0.1, -0.05) is 25.5 Å². The van der Waals surface area contributed by atoms with E-state index in [1.165, 1.54) is 16.2 Å². The molecule has 1 N–H and O–H groups in total. The highest BCUT2D eigenvalue weighted by atomic mass is 32.1. The number of ketones is 1. The van der Waals surface area contributed by atoms with Crippen LogP contribution in [0.3, 0.4) is 0 Å². The Labute approximate surface area is 202 Å². The third-order valence-corrected chi connectivity index (χ3v) is 6.22. The first kappa shape index (κ1) is 23.5. The van der Waals surface area contributed by atoms with Gasteiger partial charge in [-0.05, 0) is 55.3 Å². The van der Waals surface area contributed by atoms with Gasteiger partial charge in [-0.15, -0.1) is 11.3 Å². The van der Waals surface area contributed by atoms with Gasteiger partial charge in [-0.2, -0.15) is 0 Å². The maximum absolute atomic E-state index is 13.2. The molecule has 1 amide bonds. The molecule has 2 aromatic carbocycles. The number of hydrogen-bond acceptors (Lipinski definition) is 7. The lowest BCUT2D eigenvalue weighted by Gasteiger charge is -2.23. The average molecular weight is 479 g/mol. The molecule has 1 aromatic heterocycles. The number of anilines is 1. The quantitative estimate of drug-likeness (QED) is 0.193. The summed E-state index contributed by atoms with van der Waals surface area (Å²) in [6.45, 7) is 5.05. The number of amides is 1. The Morgan fingerprint density at radius 1 is 1.09 bits per heavy atom. The van der Waals surface area contributed by atoms with Crippen molar-refractivity contribution in [2.24, 2.45) is 0 Å². The molecule has 0 aliphatic carbocycles. The van der Waals surface area contributed by atoms with E-state index in [-0.39, 0.29) is 11.3 Å². The van der Waals surface area contributed by atoms with Crippen LogP contribution in [-0.2, 0) is 9.59 Å². The summed E-state index contributed by atoms with van der Waals surface area (Å²) in [6, 6.07) is 13.2. The number of unbranched alkanes of at least 4 members (excludes halogenated alkanes) is 1. The highest BCUT2D eigenvalue weighted by Gasteiger charge is 2.48. The van der Waals surface area contributed by atoms with Gasteiger partial charge in [0.25, 0.3) is 5.78 Å². The van der Waals surface area contributed by atoms with Crippen LogP contribution in [0.5, 0.6) is 11.5 Å². The van der Waals surface area contributed by atoms with Crippen molar-refractivity contribution in [3.63, 3.8) is 0 Å². The number of hydrogen-bond donors (Lipinski definition) is 1. The SMILES string of the molecule is CCCCOc1cccc(C2C(=C(O)c3ccc(OCC)cc3)C(=O)C(=O)N2c2nccs2)c1. The maximum Gasteiger partial charge on any atom is 0.301 e. The van der Waals surface area contributed by atoms with E-state index in [9.17, 15) is 14.7 Å². The number of carbonyl (C=O) groups is 2. The molecule has 1 atom stereocenters. The lowest BCUT2D eigenvalue weighted by atomic mass is 9.95. The van der Waals surface area contributed by atoms with Crippen molar-refractivity contribution in [2.45, 2.75) is 32.7 Å². The Morgan fingerprint density at radius 2 is 1.88 bits per heavy atom. The first-order valence-electron chi connectivity index (χ1n) is 11.2. The molecule has 0 spiro atoms. The van der Waals surface area contributed by atoms with Gasteiger partial charge in [0, 0.05) is 17.1 Å². The zero-order chi connectivity index (χ0) is 24.1. The second-order valence-corrected chi connectivity index (χ2v) is 8.59. The zero-order valence-corrected chi connectivity index (χ0v) is 19.9. The third-order valence-electron chi connectivity index (χ3n) is 5.45. The van der Waals surface area contributed by atoms with Gasteiger partial charge >= 0.3 is 5.91 Å². The summed E-state index contributed by atoms with van der Waals surface area (Å²) in [6.07, 6.45) is 3.50. The molecule has 8 heteroatoms. The number of ether oxygens (including phenoxy) is 2. The third kappa shape index (κ3) is 4.68. The minimum atomic E-state index is -0.840. The molecule has 1 aliphatic heterocycles. The van der Waals surface area contributed by atoms with Gasteiger partial charge < -0.3 is 14.6 Å². The maximum atomic E-state index is 13.2. The predicted octanol–water partition coefficient (Wildman–Crippen LogP) is 5.35. The molecular weight excluding hydrogens is 452 g/mol. The number of Topliss-reactive ketones (excluding diaryl/α,β-unsaturated/α-hetero) is 1. The first-order chi connectivity index (χ1) is 16.5. The molecule has 1 unspecified atom stereocenters. The van der Waals surface area contributed by atoms with Crippen molar-refractivity contribution in [1.29, 1.82) is 0 Å². The lowest BCUT2D eigenvalue weighted by Crippen LogP contribution is -2.29. The van der Waals surface area contributed by atoms with E-state index in [0.29, 0.717) is 41.0 Å². The average Bonchev–Trinajstić information content (AvgIpc) is 3.46. The number of aliphatic hydroxyl groups is 1. The molecule has 7 nitrogen and oxygen atoms in total. The molecule has 4 rings (SSSR count). The number of aromatic nitrogens is 1.